The predicted molar refractivity (Wildman–Crippen MR) is 124 cm³/mol. The van der Waals surface area contributed by atoms with Crippen LogP contribution < -0.4 is 10.6 Å². The molecule has 164 valence electrons. The van der Waals surface area contributed by atoms with Crippen LogP contribution in [-0.4, -0.2) is 49.7 Å². The number of nitrogens with one attached hydrogen (secondary N) is 3. The van der Waals surface area contributed by atoms with Crippen LogP contribution in [0.4, 0.5) is 17.5 Å². The number of fused-ring (bicyclic) bond motifs is 3. The average Bonchev–Trinajstić information content (AvgIpc) is 3.50. The van der Waals surface area contributed by atoms with Crippen LogP contribution in [0.5, 0.6) is 0 Å². The van der Waals surface area contributed by atoms with Gasteiger partial charge in [-0.15, -0.1) is 0 Å². The van der Waals surface area contributed by atoms with Gasteiger partial charge < -0.3 is 10.6 Å². The fourth-order valence-corrected chi connectivity index (χ4v) is 5.51. The van der Waals surface area contributed by atoms with Crippen molar-refractivity contribution in [3.05, 3.63) is 36.2 Å². The third-order valence-corrected chi connectivity index (χ3v) is 7.18. The number of anilines is 3. The summed E-state index contributed by atoms with van der Waals surface area (Å²) in [7, 11) is 0. The molecule has 0 unspecified atom stereocenters. The molecule has 0 radical (unpaired) electrons. The molecule has 3 fully saturated rings. The lowest BCUT2D eigenvalue weighted by atomic mass is 9.97. The molecule has 2 bridgehead atoms. The summed E-state index contributed by atoms with van der Waals surface area (Å²) in [6, 6.07) is 11.9. The lowest BCUT2D eigenvalue weighted by Gasteiger charge is -2.39. The summed E-state index contributed by atoms with van der Waals surface area (Å²) in [5, 5.41) is 24.7. The Hall–Kier alpha value is -3.18. The van der Waals surface area contributed by atoms with Crippen LogP contribution in [0.1, 0.15) is 56.6 Å². The summed E-state index contributed by atoms with van der Waals surface area (Å²) in [6.07, 6.45) is 9.56. The van der Waals surface area contributed by atoms with Gasteiger partial charge in [-0.2, -0.15) is 10.4 Å². The van der Waals surface area contributed by atoms with Gasteiger partial charge in [0.25, 0.3) is 0 Å². The van der Waals surface area contributed by atoms with Gasteiger partial charge in [0.2, 0.25) is 0 Å². The van der Waals surface area contributed by atoms with E-state index in [-0.39, 0.29) is 0 Å². The van der Waals surface area contributed by atoms with E-state index in [9.17, 15) is 0 Å². The predicted octanol–water partition coefficient (Wildman–Crippen LogP) is 4.29. The van der Waals surface area contributed by atoms with Crippen molar-refractivity contribution in [2.75, 3.05) is 17.2 Å². The number of aromatic amines is 1. The van der Waals surface area contributed by atoms with Gasteiger partial charge in [-0.1, -0.05) is 0 Å². The number of nitrogens with zero attached hydrogens (tertiary/aromatic N) is 5. The summed E-state index contributed by atoms with van der Waals surface area (Å²) in [4.78, 5) is 12.1. The largest absolute Gasteiger partial charge is 0.367 e. The molecule has 0 aromatic carbocycles. The molecule has 3 N–H and O–H groups in total. The van der Waals surface area contributed by atoms with Crippen LogP contribution >= 0.6 is 0 Å². The number of nitriles is 1. The highest BCUT2D eigenvalue weighted by atomic mass is 15.2. The van der Waals surface area contributed by atoms with Crippen molar-refractivity contribution in [3.63, 3.8) is 0 Å². The minimum atomic E-state index is 0.379. The number of pyridine rings is 2. The Morgan fingerprint density at radius 1 is 1.12 bits per heavy atom. The van der Waals surface area contributed by atoms with E-state index in [1.54, 1.807) is 0 Å². The second-order valence-corrected chi connectivity index (χ2v) is 9.38. The molecule has 8 heteroatoms. The second kappa shape index (κ2) is 8.06. The SMILES string of the molecule is N#CCCN1[C@@H]2CC[C@H]1C[C@H](Nc1nc(Nc3cc(C4CC4)[nH]n3)cc3ncccc13)C2. The Bertz CT molecular complexity index is 1150. The standard InChI is InChI=1S/C24H28N8/c25-8-2-10-32-17-6-7-18(32)12-16(11-17)27-24-19-3-1-9-26-21(19)14-22(29-24)28-23-13-20(30-31-23)15-4-5-15/h1,3,9,13-18H,2,4-7,10-12H2,(H3,27,28,29,30,31)/t16-,17-,18+. The molecule has 0 spiro atoms. The first-order valence-corrected chi connectivity index (χ1v) is 11.7. The van der Waals surface area contributed by atoms with Gasteiger partial charge in [-0.3, -0.25) is 15.0 Å². The lowest BCUT2D eigenvalue weighted by molar-refractivity contribution is 0.136. The number of aromatic nitrogens is 4. The number of piperidine rings is 1. The van der Waals surface area contributed by atoms with Crippen LogP contribution in [0.15, 0.2) is 30.5 Å². The zero-order valence-electron chi connectivity index (χ0n) is 18.1. The Labute approximate surface area is 187 Å². The van der Waals surface area contributed by atoms with E-state index in [1.165, 1.54) is 31.4 Å². The van der Waals surface area contributed by atoms with Gasteiger partial charge in [0.05, 0.1) is 11.6 Å². The normalized spacial score (nSPS) is 25.0. The van der Waals surface area contributed by atoms with Gasteiger partial charge in [0, 0.05) is 66.4 Å². The summed E-state index contributed by atoms with van der Waals surface area (Å²) < 4.78 is 0. The minimum absolute atomic E-state index is 0.379. The third kappa shape index (κ3) is 3.78. The highest BCUT2D eigenvalue weighted by Gasteiger charge is 2.40. The fraction of sp³-hybridized carbons (Fsp3) is 0.500. The molecule has 0 amide bonds. The van der Waals surface area contributed by atoms with Crippen LogP contribution in [0.2, 0.25) is 0 Å². The van der Waals surface area contributed by atoms with Crippen molar-refractivity contribution >= 4 is 28.4 Å². The second-order valence-electron chi connectivity index (χ2n) is 9.38. The molecular weight excluding hydrogens is 400 g/mol. The molecule has 1 saturated carbocycles. The van der Waals surface area contributed by atoms with Crippen LogP contribution in [0.3, 0.4) is 0 Å². The number of H-pyrrole nitrogens is 1. The Morgan fingerprint density at radius 3 is 2.75 bits per heavy atom. The lowest BCUT2D eigenvalue weighted by Crippen LogP contribution is -2.47. The van der Waals surface area contributed by atoms with Gasteiger partial charge in [-0.05, 0) is 50.7 Å². The molecule has 3 aromatic rings. The summed E-state index contributed by atoms with van der Waals surface area (Å²) >= 11 is 0. The highest BCUT2D eigenvalue weighted by Crippen LogP contribution is 2.40. The van der Waals surface area contributed by atoms with E-state index in [1.807, 2.05) is 18.3 Å². The van der Waals surface area contributed by atoms with Crippen LogP contribution in [0, 0.1) is 11.3 Å². The molecule has 8 nitrogen and oxygen atoms in total. The van der Waals surface area contributed by atoms with Crippen molar-refractivity contribution in [3.8, 4) is 6.07 Å². The van der Waals surface area contributed by atoms with E-state index >= 15 is 0 Å². The Balaban J connectivity index is 1.23. The average molecular weight is 429 g/mol. The molecule has 32 heavy (non-hydrogen) atoms. The Morgan fingerprint density at radius 2 is 1.97 bits per heavy atom. The van der Waals surface area contributed by atoms with E-state index < -0.39 is 0 Å². The summed E-state index contributed by atoms with van der Waals surface area (Å²) in [6.45, 7) is 0.898. The van der Waals surface area contributed by atoms with Crippen molar-refractivity contribution < 1.29 is 0 Å². The van der Waals surface area contributed by atoms with Gasteiger partial charge >= 0.3 is 0 Å². The Kier molecular flexibility index (Phi) is 4.91. The van der Waals surface area contributed by atoms with Gasteiger partial charge in [-0.25, -0.2) is 4.98 Å². The first-order chi connectivity index (χ1) is 15.8. The molecule has 2 saturated heterocycles. The maximum absolute atomic E-state index is 8.98. The van der Waals surface area contributed by atoms with Crippen molar-refractivity contribution in [2.45, 2.75) is 69.0 Å². The maximum atomic E-state index is 8.98. The number of hydrogen-bond donors (Lipinski definition) is 3. The van der Waals surface area contributed by atoms with Crippen molar-refractivity contribution in [1.82, 2.24) is 25.1 Å². The molecule has 2 aliphatic heterocycles. The van der Waals surface area contributed by atoms with Crippen molar-refractivity contribution in [2.24, 2.45) is 0 Å². The highest BCUT2D eigenvalue weighted by molar-refractivity contribution is 5.91. The zero-order chi connectivity index (χ0) is 21.5. The monoisotopic (exact) mass is 428 g/mol. The molecule has 3 atom stereocenters. The van der Waals surface area contributed by atoms with Gasteiger partial charge in [0.15, 0.2) is 5.82 Å². The number of hydrogen-bond acceptors (Lipinski definition) is 7. The van der Waals surface area contributed by atoms with Crippen LogP contribution in [0.25, 0.3) is 10.9 Å². The molecule has 3 aromatic heterocycles. The summed E-state index contributed by atoms with van der Waals surface area (Å²) in [5.41, 5.74) is 2.11. The fourth-order valence-electron chi connectivity index (χ4n) is 5.51. The topological polar surface area (TPSA) is 106 Å². The van der Waals surface area contributed by atoms with E-state index in [0.717, 1.165) is 47.7 Å². The third-order valence-electron chi connectivity index (χ3n) is 7.18. The molecule has 5 heterocycles. The summed E-state index contributed by atoms with van der Waals surface area (Å²) in [5.74, 6) is 3.06. The first kappa shape index (κ1) is 19.5. The molecule has 3 aliphatic rings. The molecule has 6 rings (SSSR count). The smallest absolute Gasteiger partial charge is 0.153 e. The van der Waals surface area contributed by atoms with E-state index in [2.05, 4.69) is 48.9 Å². The van der Waals surface area contributed by atoms with Gasteiger partial charge in [0.1, 0.15) is 11.6 Å². The van der Waals surface area contributed by atoms with E-state index in [4.69, 9.17) is 10.2 Å². The van der Waals surface area contributed by atoms with Crippen LogP contribution in [-0.2, 0) is 0 Å². The minimum Gasteiger partial charge on any atom is -0.367 e. The zero-order valence-corrected chi connectivity index (χ0v) is 18.1. The quantitative estimate of drug-likeness (QED) is 0.515. The first-order valence-electron chi connectivity index (χ1n) is 11.7. The molecular formula is C24H28N8. The van der Waals surface area contributed by atoms with E-state index in [0.29, 0.717) is 30.5 Å². The molecule has 1 aliphatic carbocycles. The van der Waals surface area contributed by atoms with Crippen molar-refractivity contribution in [1.29, 1.82) is 5.26 Å². The number of rotatable bonds is 7. The maximum Gasteiger partial charge on any atom is 0.153 e.